The molecule has 2 aliphatic rings. The molecule has 2 saturated heterocycles. The van der Waals surface area contributed by atoms with Gasteiger partial charge in [0.15, 0.2) is 0 Å². The van der Waals surface area contributed by atoms with Crippen molar-refractivity contribution >= 4 is 29.3 Å². The molecule has 2 aliphatic heterocycles. The van der Waals surface area contributed by atoms with Crippen LogP contribution in [0.25, 0.3) is 0 Å². The van der Waals surface area contributed by atoms with Crippen LogP contribution in [-0.2, 0) is 22.6 Å². The van der Waals surface area contributed by atoms with Gasteiger partial charge in [-0.1, -0.05) is 24.3 Å². The fourth-order valence-corrected chi connectivity index (χ4v) is 5.39. The van der Waals surface area contributed by atoms with E-state index in [4.69, 9.17) is 9.15 Å². The number of hydrogen-bond donors (Lipinski definition) is 1. The topological polar surface area (TPSA) is 75.0 Å². The molecule has 3 heterocycles. The molecule has 3 aromatic rings. The third-order valence-electron chi connectivity index (χ3n) is 6.10. The van der Waals surface area contributed by atoms with Crippen LogP contribution in [0.1, 0.15) is 32.6 Å². The Hall–Kier alpha value is -3.23. The van der Waals surface area contributed by atoms with E-state index < -0.39 is 0 Å². The lowest BCUT2D eigenvalue weighted by Gasteiger charge is -2.28. The van der Waals surface area contributed by atoms with Gasteiger partial charge < -0.3 is 24.3 Å². The first-order valence-electron chi connectivity index (χ1n) is 11.4. The lowest BCUT2D eigenvalue weighted by Crippen LogP contribution is -2.36. The largest absolute Gasteiger partial charge is 0.467 e. The standard InChI is InChI=1S/C26H27N3O4S/c30-24-18-34-26(29(24)17-23-2-1-13-33-23)21-7-5-20(6-8-21)25(31)27-16-19-3-9-22(10-4-19)28-11-14-32-15-12-28/h1-10,13,26H,11-12,14-18H2,(H,27,31)/t26-/m1/s1. The minimum Gasteiger partial charge on any atom is -0.467 e. The smallest absolute Gasteiger partial charge is 0.251 e. The Labute approximate surface area is 203 Å². The predicted molar refractivity (Wildman–Crippen MR) is 132 cm³/mol. The third-order valence-corrected chi connectivity index (χ3v) is 7.35. The zero-order valence-electron chi connectivity index (χ0n) is 18.8. The highest BCUT2D eigenvalue weighted by Crippen LogP contribution is 2.39. The van der Waals surface area contributed by atoms with E-state index in [1.165, 1.54) is 5.69 Å². The van der Waals surface area contributed by atoms with Gasteiger partial charge in [-0.3, -0.25) is 9.59 Å². The number of thioether (sulfide) groups is 1. The van der Waals surface area contributed by atoms with Crippen molar-refractivity contribution in [2.45, 2.75) is 18.5 Å². The summed E-state index contributed by atoms with van der Waals surface area (Å²) < 4.78 is 10.8. The second-order valence-electron chi connectivity index (χ2n) is 8.33. The van der Waals surface area contributed by atoms with Gasteiger partial charge in [0.2, 0.25) is 5.91 Å². The van der Waals surface area contributed by atoms with Crippen molar-refractivity contribution in [3.63, 3.8) is 0 Å². The first-order valence-corrected chi connectivity index (χ1v) is 12.5. The molecule has 2 amide bonds. The summed E-state index contributed by atoms with van der Waals surface area (Å²) in [5.74, 6) is 1.17. The molecule has 2 aromatic carbocycles. The Morgan fingerprint density at radius 3 is 2.50 bits per heavy atom. The van der Waals surface area contributed by atoms with Crippen LogP contribution in [0.5, 0.6) is 0 Å². The minimum atomic E-state index is -0.119. The number of ether oxygens (including phenoxy) is 1. The zero-order valence-corrected chi connectivity index (χ0v) is 19.6. The molecule has 0 aliphatic carbocycles. The molecule has 0 radical (unpaired) electrons. The van der Waals surface area contributed by atoms with E-state index in [-0.39, 0.29) is 17.2 Å². The van der Waals surface area contributed by atoms with E-state index in [2.05, 4.69) is 34.5 Å². The lowest BCUT2D eigenvalue weighted by molar-refractivity contribution is -0.128. The van der Waals surface area contributed by atoms with E-state index in [1.54, 1.807) is 18.0 Å². The minimum absolute atomic E-state index is 0.0836. The van der Waals surface area contributed by atoms with E-state index >= 15 is 0 Å². The number of morpholine rings is 1. The molecule has 5 rings (SSSR count). The number of nitrogens with zero attached hydrogens (tertiary/aromatic N) is 2. The van der Waals surface area contributed by atoms with Crippen molar-refractivity contribution in [1.29, 1.82) is 0 Å². The molecule has 2 fully saturated rings. The van der Waals surface area contributed by atoms with Gasteiger partial charge in [-0.2, -0.15) is 0 Å². The van der Waals surface area contributed by atoms with Crippen molar-refractivity contribution < 1.29 is 18.7 Å². The van der Waals surface area contributed by atoms with E-state index in [0.29, 0.717) is 24.4 Å². The van der Waals surface area contributed by atoms with Crippen LogP contribution in [0.15, 0.2) is 71.3 Å². The highest BCUT2D eigenvalue weighted by Gasteiger charge is 2.33. The summed E-state index contributed by atoms with van der Waals surface area (Å²) in [6, 6.07) is 19.5. The Kier molecular flexibility index (Phi) is 6.87. The van der Waals surface area contributed by atoms with E-state index in [0.717, 1.165) is 43.2 Å². The number of nitrogens with one attached hydrogen (secondary N) is 1. The Morgan fingerprint density at radius 1 is 1.03 bits per heavy atom. The van der Waals surface area contributed by atoms with Gasteiger partial charge in [0.1, 0.15) is 11.1 Å². The molecular formula is C26H27N3O4S. The van der Waals surface area contributed by atoms with Crippen LogP contribution in [0.3, 0.4) is 0 Å². The number of carbonyl (C=O) groups excluding carboxylic acids is 2. The second kappa shape index (κ2) is 10.4. The Balaban J connectivity index is 1.17. The molecular weight excluding hydrogens is 450 g/mol. The third kappa shape index (κ3) is 5.13. The highest BCUT2D eigenvalue weighted by atomic mass is 32.2. The second-order valence-corrected chi connectivity index (χ2v) is 9.40. The van der Waals surface area contributed by atoms with E-state index in [1.807, 2.05) is 41.3 Å². The molecule has 0 saturated carbocycles. The van der Waals surface area contributed by atoms with Crippen LogP contribution in [0.4, 0.5) is 5.69 Å². The molecule has 176 valence electrons. The number of benzene rings is 2. The van der Waals surface area contributed by atoms with Crippen LogP contribution in [0, 0.1) is 0 Å². The molecule has 0 unspecified atom stereocenters. The van der Waals surface area contributed by atoms with E-state index in [9.17, 15) is 9.59 Å². The van der Waals surface area contributed by atoms with Crippen LogP contribution in [0.2, 0.25) is 0 Å². The molecule has 0 spiro atoms. The molecule has 8 heteroatoms. The van der Waals surface area contributed by atoms with Crippen molar-refractivity contribution in [2.75, 3.05) is 37.0 Å². The number of amides is 2. The monoisotopic (exact) mass is 477 g/mol. The number of hydrogen-bond acceptors (Lipinski definition) is 6. The van der Waals surface area contributed by atoms with Crippen LogP contribution in [-0.4, -0.2) is 48.8 Å². The SMILES string of the molecule is O=C(NCc1ccc(N2CCOCC2)cc1)c1ccc([C@H]2SCC(=O)N2Cc2ccco2)cc1. The summed E-state index contributed by atoms with van der Waals surface area (Å²) in [6.45, 7) is 4.23. The fourth-order valence-electron chi connectivity index (χ4n) is 4.20. The Bertz CT molecular complexity index is 1110. The molecule has 34 heavy (non-hydrogen) atoms. The van der Waals surface area contributed by atoms with Gasteiger partial charge >= 0.3 is 0 Å². The van der Waals surface area contributed by atoms with Gasteiger partial charge in [0.25, 0.3) is 5.91 Å². The Morgan fingerprint density at radius 2 is 1.79 bits per heavy atom. The molecule has 0 bridgehead atoms. The number of carbonyl (C=O) groups is 2. The van der Waals surface area contributed by atoms with Crippen molar-refractivity contribution in [2.24, 2.45) is 0 Å². The lowest BCUT2D eigenvalue weighted by atomic mass is 10.1. The number of furan rings is 1. The summed E-state index contributed by atoms with van der Waals surface area (Å²) >= 11 is 1.59. The average Bonchev–Trinajstić information content (AvgIpc) is 3.54. The van der Waals surface area contributed by atoms with Gasteiger partial charge in [-0.15, -0.1) is 11.8 Å². The van der Waals surface area contributed by atoms with Crippen LogP contribution >= 0.6 is 11.8 Å². The first-order chi connectivity index (χ1) is 16.7. The van der Waals surface area contributed by atoms with Crippen LogP contribution < -0.4 is 10.2 Å². The summed E-state index contributed by atoms with van der Waals surface area (Å²) in [5.41, 5.74) is 3.83. The summed E-state index contributed by atoms with van der Waals surface area (Å²) in [6.07, 6.45) is 1.62. The maximum absolute atomic E-state index is 12.7. The van der Waals surface area contributed by atoms with Gasteiger partial charge in [0, 0.05) is 30.9 Å². The summed E-state index contributed by atoms with van der Waals surface area (Å²) in [4.78, 5) is 29.2. The fraction of sp³-hybridized carbons (Fsp3) is 0.308. The average molecular weight is 478 g/mol. The molecule has 7 nitrogen and oxygen atoms in total. The highest BCUT2D eigenvalue weighted by molar-refractivity contribution is 8.00. The number of rotatable bonds is 7. The summed E-state index contributed by atoms with van der Waals surface area (Å²) in [5, 5.41) is 2.91. The normalized spacial score (nSPS) is 18.4. The quantitative estimate of drug-likeness (QED) is 0.558. The maximum Gasteiger partial charge on any atom is 0.251 e. The van der Waals surface area contributed by atoms with Crippen molar-refractivity contribution in [3.05, 3.63) is 89.4 Å². The first kappa shape index (κ1) is 22.6. The zero-order chi connectivity index (χ0) is 23.3. The molecule has 1 atom stereocenters. The number of anilines is 1. The van der Waals surface area contributed by atoms with Gasteiger partial charge in [-0.05, 0) is 47.5 Å². The summed E-state index contributed by atoms with van der Waals surface area (Å²) in [7, 11) is 0. The molecule has 1 N–H and O–H groups in total. The predicted octanol–water partition coefficient (Wildman–Crippen LogP) is 3.82. The maximum atomic E-state index is 12.7. The molecule has 1 aromatic heterocycles. The van der Waals surface area contributed by atoms with Gasteiger partial charge in [-0.25, -0.2) is 0 Å². The van der Waals surface area contributed by atoms with Gasteiger partial charge in [0.05, 0.1) is 31.8 Å². The van der Waals surface area contributed by atoms with Crippen molar-refractivity contribution in [3.8, 4) is 0 Å². The van der Waals surface area contributed by atoms with Crippen molar-refractivity contribution in [1.82, 2.24) is 10.2 Å².